The van der Waals surface area contributed by atoms with Crippen LogP contribution in [0.4, 0.5) is 0 Å². The van der Waals surface area contributed by atoms with Crippen LogP contribution in [0.15, 0.2) is 0 Å². The second kappa shape index (κ2) is 15.3. The Kier molecular flexibility index (Phi) is 13.9. The summed E-state index contributed by atoms with van der Waals surface area (Å²) >= 11 is 0. The van der Waals surface area contributed by atoms with E-state index in [4.69, 9.17) is 4.74 Å². The Morgan fingerprint density at radius 1 is 0.929 bits per heavy atom. The standard InChI is InChI=1S/C24H45NO3/c1-4-6-8-10-16-24(27,17-11-9-7-5-2)18-12-13-21-28-23(26)22-14-19-25(3)20-15-22/h22,27H,1-2,4-21H2,3H3. The maximum absolute atomic E-state index is 12.2. The molecule has 0 bridgehead atoms. The number of carbonyl (C=O) groups is 1. The van der Waals surface area contributed by atoms with Gasteiger partial charge in [0, 0.05) is 0 Å². The molecule has 0 aliphatic carbocycles. The summed E-state index contributed by atoms with van der Waals surface area (Å²) in [5.74, 6) is 0.0546. The largest absolute Gasteiger partial charge is 0.465 e. The number of esters is 1. The van der Waals surface area contributed by atoms with Crippen LogP contribution in [0.5, 0.6) is 0 Å². The molecule has 4 heteroatoms. The molecule has 0 aromatic carbocycles. The molecule has 1 N–H and O–H groups in total. The lowest BCUT2D eigenvalue weighted by Gasteiger charge is -2.29. The van der Waals surface area contributed by atoms with Gasteiger partial charge in [-0.2, -0.15) is 0 Å². The van der Waals surface area contributed by atoms with Crippen molar-refractivity contribution in [3.63, 3.8) is 0 Å². The van der Waals surface area contributed by atoms with Gasteiger partial charge in [0.15, 0.2) is 0 Å². The van der Waals surface area contributed by atoms with Crippen molar-refractivity contribution in [2.75, 3.05) is 26.7 Å². The van der Waals surface area contributed by atoms with Gasteiger partial charge in [-0.1, -0.05) is 65.2 Å². The van der Waals surface area contributed by atoms with Crippen LogP contribution < -0.4 is 0 Å². The summed E-state index contributed by atoms with van der Waals surface area (Å²) in [6.45, 7) is 10.3. The van der Waals surface area contributed by atoms with Crippen LogP contribution >= 0.6 is 0 Å². The van der Waals surface area contributed by atoms with Gasteiger partial charge in [0.1, 0.15) is 0 Å². The van der Waals surface area contributed by atoms with E-state index in [-0.39, 0.29) is 11.9 Å². The van der Waals surface area contributed by atoms with Crippen LogP contribution in [0.3, 0.4) is 0 Å². The Morgan fingerprint density at radius 2 is 1.43 bits per heavy atom. The molecule has 1 aliphatic rings. The van der Waals surface area contributed by atoms with Crippen molar-refractivity contribution >= 4 is 5.97 Å². The lowest BCUT2D eigenvalue weighted by Crippen LogP contribution is -2.34. The monoisotopic (exact) mass is 395 g/mol. The summed E-state index contributed by atoms with van der Waals surface area (Å²) < 4.78 is 5.50. The fraction of sp³-hybridized carbons (Fsp3) is 0.875. The molecule has 1 rings (SSSR count). The zero-order valence-corrected chi connectivity index (χ0v) is 18.4. The summed E-state index contributed by atoms with van der Waals surface area (Å²) in [7, 11) is 2.10. The number of hydrogen-bond acceptors (Lipinski definition) is 4. The average molecular weight is 396 g/mol. The van der Waals surface area contributed by atoms with Crippen molar-refractivity contribution in [3.05, 3.63) is 13.8 Å². The van der Waals surface area contributed by atoms with Crippen molar-refractivity contribution in [1.82, 2.24) is 4.90 Å². The molecule has 164 valence electrons. The van der Waals surface area contributed by atoms with Crippen molar-refractivity contribution in [3.8, 4) is 0 Å². The first-order valence-corrected chi connectivity index (χ1v) is 11.7. The number of unbranched alkanes of at least 4 members (excludes halogenated alkanes) is 7. The predicted molar refractivity (Wildman–Crippen MR) is 117 cm³/mol. The molecule has 0 saturated carbocycles. The predicted octanol–water partition coefficient (Wildman–Crippen LogP) is 5.34. The third-order valence-electron chi connectivity index (χ3n) is 6.12. The van der Waals surface area contributed by atoms with Gasteiger partial charge in [0.2, 0.25) is 0 Å². The quantitative estimate of drug-likeness (QED) is 0.283. The molecule has 4 nitrogen and oxygen atoms in total. The number of nitrogens with zero attached hydrogens (tertiary/aromatic N) is 1. The highest BCUT2D eigenvalue weighted by Gasteiger charge is 2.26. The number of hydrogen-bond donors (Lipinski definition) is 1. The van der Waals surface area contributed by atoms with Crippen LogP contribution in [0.2, 0.25) is 0 Å². The first kappa shape index (κ1) is 25.4. The van der Waals surface area contributed by atoms with Crippen molar-refractivity contribution in [2.45, 2.75) is 102 Å². The SMILES string of the molecule is [CH2]CCCCCC(O)(CCCCC[CH2])CCCCOC(=O)C1CCN(C)CC1. The van der Waals surface area contributed by atoms with Crippen molar-refractivity contribution < 1.29 is 14.6 Å². The highest BCUT2D eigenvalue weighted by Crippen LogP contribution is 2.28. The molecule has 1 fully saturated rings. The number of likely N-dealkylation sites (tertiary alicyclic amines) is 1. The van der Waals surface area contributed by atoms with Gasteiger partial charge in [0.05, 0.1) is 18.1 Å². The summed E-state index contributed by atoms with van der Waals surface area (Å²) in [5, 5.41) is 11.1. The minimum absolute atomic E-state index is 0.0234. The zero-order chi connectivity index (χ0) is 20.7. The van der Waals surface area contributed by atoms with Crippen molar-refractivity contribution in [1.29, 1.82) is 0 Å². The molecule has 0 aromatic rings. The van der Waals surface area contributed by atoms with Gasteiger partial charge in [-0.15, -0.1) is 0 Å². The lowest BCUT2D eigenvalue weighted by atomic mass is 9.85. The first-order chi connectivity index (χ1) is 13.5. The minimum Gasteiger partial charge on any atom is -0.465 e. The van der Waals surface area contributed by atoms with Crippen LogP contribution in [-0.4, -0.2) is 48.3 Å². The molecule has 1 saturated heterocycles. The molecular formula is C24H45NO3. The summed E-state index contributed by atoms with van der Waals surface area (Å²) in [4.78, 5) is 14.4. The van der Waals surface area contributed by atoms with E-state index in [1.165, 1.54) is 0 Å². The van der Waals surface area contributed by atoms with Gasteiger partial charge in [-0.05, 0) is 65.1 Å². The number of rotatable bonds is 16. The van der Waals surface area contributed by atoms with E-state index in [2.05, 4.69) is 25.8 Å². The van der Waals surface area contributed by atoms with E-state index in [1.54, 1.807) is 0 Å². The van der Waals surface area contributed by atoms with E-state index >= 15 is 0 Å². The van der Waals surface area contributed by atoms with Gasteiger partial charge in [-0.25, -0.2) is 0 Å². The molecule has 28 heavy (non-hydrogen) atoms. The third kappa shape index (κ3) is 11.4. The summed E-state index contributed by atoms with van der Waals surface area (Å²) in [6.07, 6.45) is 14.9. The molecule has 0 amide bonds. The smallest absolute Gasteiger partial charge is 0.309 e. The third-order valence-corrected chi connectivity index (χ3v) is 6.12. The van der Waals surface area contributed by atoms with Gasteiger partial charge in [0.25, 0.3) is 0 Å². The number of piperidine rings is 1. The molecule has 0 unspecified atom stereocenters. The van der Waals surface area contributed by atoms with E-state index in [0.717, 1.165) is 109 Å². The number of carbonyl (C=O) groups excluding carboxylic acids is 1. The average Bonchev–Trinajstić information content (AvgIpc) is 2.69. The van der Waals surface area contributed by atoms with E-state index in [1.807, 2.05) is 0 Å². The zero-order valence-electron chi connectivity index (χ0n) is 18.4. The van der Waals surface area contributed by atoms with E-state index in [9.17, 15) is 9.90 Å². The lowest BCUT2D eigenvalue weighted by molar-refractivity contribution is -0.150. The van der Waals surface area contributed by atoms with Crippen molar-refractivity contribution in [2.24, 2.45) is 5.92 Å². The molecule has 1 heterocycles. The Hall–Kier alpha value is -0.610. The Morgan fingerprint density at radius 3 is 1.93 bits per heavy atom. The molecule has 0 atom stereocenters. The molecular weight excluding hydrogens is 350 g/mol. The maximum Gasteiger partial charge on any atom is 0.309 e. The maximum atomic E-state index is 12.2. The van der Waals surface area contributed by atoms with Crippen LogP contribution in [0, 0.1) is 19.8 Å². The normalized spacial score (nSPS) is 16.4. The minimum atomic E-state index is -0.555. The first-order valence-electron chi connectivity index (χ1n) is 11.7. The Labute approximate surface area is 174 Å². The molecule has 0 aromatic heterocycles. The second-order valence-corrected chi connectivity index (χ2v) is 8.75. The van der Waals surface area contributed by atoms with E-state index in [0.29, 0.717) is 6.61 Å². The summed E-state index contributed by atoms with van der Waals surface area (Å²) in [6, 6.07) is 0. The van der Waals surface area contributed by atoms with Gasteiger partial charge >= 0.3 is 5.97 Å². The van der Waals surface area contributed by atoms with Gasteiger partial charge in [-0.3, -0.25) is 4.79 Å². The molecule has 1 aliphatic heterocycles. The topological polar surface area (TPSA) is 49.8 Å². The highest BCUT2D eigenvalue weighted by atomic mass is 16.5. The van der Waals surface area contributed by atoms with Crippen LogP contribution in [0.1, 0.15) is 96.3 Å². The highest BCUT2D eigenvalue weighted by molar-refractivity contribution is 5.72. The fourth-order valence-electron chi connectivity index (χ4n) is 4.08. The summed E-state index contributed by atoms with van der Waals surface area (Å²) in [5.41, 5.74) is -0.555. The Bertz CT molecular complexity index is 379. The Balaban J connectivity index is 2.24. The number of ether oxygens (including phenoxy) is 1. The van der Waals surface area contributed by atoms with Gasteiger partial charge < -0.3 is 14.7 Å². The fourth-order valence-corrected chi connectivity index (χ4v) is 4.08. The van der Waals surface area contributed by atoms with E-state index < -0.39 is 5.60 Å². The van der Waals surface area contributed by atoms with Crippen LogP contribution in [-0.2, 0) is 9.53 Å². The molecule has 0 spiro atoms. The number of aliphatic hydroxyl groups is 1. The second-order valence-electron chi connectivity index (χ2n) is 8.75. The van der Waals surface area contributed by atoms with Crippen LogP contribution in [0.25, 0.3) is 0 Å². The molecule has 2 radical (unpaired) electrons.